The molecular formula is C13H17BrN2O2. The zero-order valence-electron chi connectivity index (χ0n) is 10.2. The van der Waals surface area contributed by atoms with Crippen LogP contribution in [0.15, 0.2) is 21.5 Å². The van der Waals surface area contributed by atoms with Crippen LogP contribution in [-0.2, 0) is 4.79 Å². The number of halogens is 1. The first-order valence-electron chi connectivity index (χ1n) is 6.33. The molecule has 0 saturated heterocycles. The molecule has 0 bridgehead atoms. The highest BCUT2D eigenvalue weighted by Crippen LogP contribution is 2.26. The minimum atomic E-state index is -0.268. The highest BCUT2D eigenvalue weighted by atomic mass is 79.9. The molecule has 1 heterocycles. The van der Waals surface area contributed by atoms with Gasteiger partial charge in [0.05, 0.1) is 0 Å². The number of rotatable bonds is 3. The SMILES string of the molecule is O=C(CC1CCCCC1)Nc1cc(Br)c[nH]c1=O. The van der Waals surface area contributed by atoms with Gasteiger partial charge in [0.25, 0.3) is 5.56 Å². The molecule has 1 amide bonds. The summed E-state index contributed by atoms with van der Waals surface area (Å²) in [6, 6.07) is 1.62. The number of carbonyl (C=O) groups is 1. The first kappa shape index (κ1) is 13.3. The van der Waals surface area contributed by atoms with Crippen LogP contribution in [0.25, 0.3) is 0 Å². The van der Waals surface area contributed by atoms with Crippen molar-refractivity contribution in [1.82, 2.24) is 4.98 Å². The second-order valence-electron chi connectivity index (χ2n) is 4.82. The summed E-state index contributed by atoms with van der Waals surface area (Å²) in [4.78, 5) is 25.9. The summed E-state index contributed by atoms with van der Waals surface area (Å²) < 4.78 is 0.745. The Bertz CT molecular complexity index is 478. The van der Waals surface area contributed by atoms with E-state index in [1.165, 1.54) is 19.3 Å². The molecule has 0 aliphatic heterocycles. The third kappa shape index (κ3) is 3.70. The fraction of sp³-hybridized carbons (Fsp3) is 0.538. The quantitative estimate of drug-likeness (QED) is 0.901. The summed E-state index contributed by atoms with van der Waals surface area (Å²) in [5.74, 6) is 0.412. The van der Waals surface area contributed by atoms with Crippen LogP contribution in [0.4, 0.5) is 5.69 Å². The van der Waals surface area contributed by atoms with Gasteiger partial charge in [-0.3, -0.25) is 9.59 Å². The fourth-order valence-corrected chi connectivity index (χ4v) is 2.75. The van der Waals surface area contributed by atoms with Gasteiger partial charge in [0, 0.05) is 17.1 Å². The summed E-state index contributed by atoms with van der Waals surface area (Å²) in [7, 11) is 0. The Morgan fingerprint density at radius 3 is 2.83 bits per heavy atom. The van der Waals surface area contributed by atoms with Gasteiger partial charge in [-0.15, -0.1) is 0 Å². The van der Waals surface area contributed by atoms with Crippen LogP contribution in [0, 0.1) is 5.92 Å². The lowest BCUT2D eigenvalue weighted by atomic mass is 9.87. The zero-order valence-corrected chi connectivity index (χ0v) is 11.8. The van der Waals surface area contributed by atoms with Gasteiger partial charge in [-0.2, -0.15) is 0 Å². The Labute approximate surface area is 114 Å². The van der Waals surface area contributed by atoms with E-state index in [9.17, 15) is 9.59 Å². The molecule has 0 radical (unpaired) electrons. The molecule has 98 valence electrons. The van der Waals surface area contributed by atoms with Crippen LogP contribution in [0.3, 0.4) is 0 Å². The van der Waals surface area contributed by atoms with Crippen LogP contribution < -0.4 is 10.9 Å². The van der Waals surface area contributed by atoms with Crippen LogP contribution >= 0.6 is 15.9 Å². The van der Waals surface area contributed by atoms with Gasteiger partial charge in [0.2, 0.25) is 5.91 Å². The monoisotopic (exact) mass is 312 g/mol. The molecule has 5 heteroatoms. The molecule has 18 heavy (non-hydrogen) atoms. The molecule has 1 aromatic rings. The predicted octanol–water partition coefficient (Wildman–Crippen LogP) is 3.05. The molecule has 4 nitrogen and oxygen atoms in total. The van der Waals surface area contributed by atoms with E-state index in [0.29, 0.717) is 18.0 Å². The van der Waals surface area contributed by atoms with Gasteiger partial charge in [-0.1, -0.05) is 19.3 Å². The van der Waals surface area contributed by atoms with E-state index in [2.05, 4.69) is 26.2 Å². The number of hydrogen-bond donors (Lipinski definition) is 2. The van der Waals surface area contributed by atoms with E-state index in [0.717, 1.165) is 17.3 Å². The Balaban J connectivity index is 1.94. The molecule has 0 aromatic carbocycles. The summed E-state index contributed by atoms with van der Waals surface area (Å²) >= 11 is 3.26. The van der Waals surface area contributed by atoms with Crippen LogP contribution in [0.1, 0.15) is 38.5 Å². The van der Waals surface area contributed by atoms with E-state index in [1.54, 1.807) is 12.3 Å². The lowest BCUT2D eigenvalue weighted by Gasteiger charge is -2.20. The summed E-state index contributed by atoms with van der Waals surface area (Å²) in [5, 5.41) is 2.69. The Hall–Kier alpha value is -1.10. The number of aromatic amines is 1. The van der Waals surface area contributed by atoms with Gasteiger partial charge >= 0.3 is 0 Å². The third-order valence-corrected chi connectivity index (χ3v) is 3.80. The van der Waals surface area contributed by atoms with Crippen molar-refractivity contribution in [2.75, 3.05) is 5.32 Å². The molecule has 0 atom stereocenters. The standard InChI is InChI=1S/C13H17BrN2O2/c14-10-7-11(13(18)15-8-10)16-12(17)6-9-4-2-1-3-5-9/h7-9H,1-6H2,(H,15,18)(H,16,17). The molecule has 1 saturated carbocycles. The summed E-state index contributed by atoms with van der Waals surface area (Å²) in [5.41, 5.74) is 0.0420. The zero-order chi connectivity index (χ0) is 13.0. The van der Waals surface area contributed by atoms with E-state index in [1.807, 2.05) is 0 Å². The van der Waals surface area contributed by atoms with Crippen molar-refractivity contribution in [3.8, 4) is 0 Å². The van der Waals surface area contributed by atoms with E-state index >= 15 is 0 Å². The predicted molar refractivity (Wildman–Crippen MR) is 74.6 cm³/mol. The average molecular weight is 313 g/mol. The number of aromatic nitrogens is 1. The molecule has 0 unspecified atom stereocenters. The summed E-state index contributed by atoms with van der Waals surface area (Å²) in [6.45, 7) is 0. The van der Waals surface area contributed by atoms with Gasteiger partial charge in [-0.25, -0.2) is 0 Å². The largest absolute Gasteiger partial charge is 0.326 e. The van der Waals surface area contributed by atoms with Crippen LogP contribution in [0.2, 0.25) is 0 Å². The Kier molecular flexibility index (Phi) is 4.58. The first-order chi connectivity index (χ1) is 8.65. The Morgan fingerprint density at radius 1 is 1.39 bits per heavy atom. The molecule has 1 aromatic heterocycles. The lowest BCUT2D eigenvalue weighted by Crippen LogP contribution is -2.22. The number of pyridine rings is 1. The number of carbonyl (C=O) groups excluding carboxylic acids is 1. The smallest absolute Gasteiger partial charge is 0.271 e. The Morgan fingerprint density at radius 2 is 2.11 bits per heavy atom. The van der Waals surface area contributed by atoms with Crippen molar-refractivity contribution in [3.63, 3.8) is 0 Å². The molecule has 1 fully saturated rings. The number of H-pyrrole nitrogens is 1. The fourth-order valence-electron chi connectivity index (χ4n) is 2.40. The van der Waals surface area contributed by atoms with Crippen molar-refractivity contribution in [1.29, 1.82) is 0 Å². The van der Waals surface area contributed by atoms with Gasteiger partial charge < -0.3 is 10.3 Å². The number of nitrogens with one attached hydrogen (secondary N) is 2. The maximum atomic E-state index is 11.9. The van der Waals surface area contributed by atoms with Gasteiger partial charge in [0.1, 0.15) is 5.69 Å². The van der Waals surface area contributed by atoms with E-state index < -0.39 is 0 Å². The average Bonchev–Trinajstić information content (AvgIpc) is 2.35. The normalized spacial score (nSPS) is 16.5. The molecule has 1 aliphatic carbocycles. The maximum Gasteiger partial charge on any atom is 0.271 e. The number of amides is 1. The van der Waals surface area contributed by atoms with Crippen LogP contribution in [-0.4, -0.2) is 10.9 Å². The minimum Gasteiger partial charge on any atom is -0.326 e. The molecule has 2 N–H and O–H groups in total. The number of hydrogen-bond acceptors (Lipinski definition) is 2. The van der Waals surface area contributed by atoms with Crippen molar-refractivity contribution in [2.24, 2.45) is 5.92 Å². The second kappa shape index (κ2) is 6.18. The summed E-state index contributed by atoms with van der Waals surface area (Å²) in [6.07, 6.45) is 8.05. The highest BCUT2D eigenvalue weighted by molar-refractivity contribution is 9.10. The highest BCUT2D eigenvalue weighted by Gasteiger charge is 2.17. The molecule has 2 rings (SSSR count). The van der Waals surface area contributed by atoms with Crippen molar-refractivity contribution >= 4 is 27.5 Å². The van der Waals surface area contributed by atoms with Crippen molar-refractivity contribution < 1.29 is 4.79 Å². The third-order valence-electron chi connectivity index (χ3n) is 3.34. The van der Waals surface area contributed by atoms with Gasteiger partial charge in [-0.05, 0) is 40.8 Å². The molecule has 0 spiro atoms. The first-order valence-corrected chi connectivity index (χ1v) is 7.12. The topological polar surface area (TPSA) is 62.0 Å². The molecular weight excluding hydrogens is 296 g/mol. The van der Waals surface area contributed by atoms with Crippen LogP contribution in [0.5, 0.6) is 0 Å². The maximum absolute atomic E-state index is 11.9. The second-order valence-corrected chi connectivity index (χ2v) is 5.73. The number of anilines is 1. The van der Waals surface area contributed by atoms with E-state index in [-0.39, 0.29) is 11.5 Å². The lowest BCUT2D eigenvalue weighted by molar-refractivity contribution is -0.117. The van der Waals surface area contributed by atoms with E-state index in [4.69, 9.17) is 0 Å². The van der Waals surface area contributed by atoms with Gasteiger partial charge in [0.15, 0.2) is 0 Å². The minimum absolute atomic E-state index is 0.0644. The van der Waals surface area contributed by atoms with Crippen molar-refractivity contribution in [2.45, 2.75) is 38.5 Å². The van der Waals surface area contributed by atoms with Crippen molar-refractivity contribution in [3.05, 3.63) is 27.1 Å². The molecule has 1 aliphatic rings.